The number of fused-ring (bicyclic) bond motifs is 2. The van der Waals surface area contributed by atoms with Crippen molar-refractivity contribution in [3.8, 4) is 0 Å². The van der Waals surface area contributed by atoms with E-state index in [0.29, 0.717) is 11.7 Å². The standard InChI is InChI=1S/C25H27N5OS/c1-26-25(31)24-19-15-18(27-16-23-28-20-9-5-6-10-22(20)32-23)11-12-21(19)30(29-24)14-13-17-7-3-2-4-8-17/h2-10,18,27H,11-16H2,1H3,(H,26,31). The molecule has 0 saturated heterocycles. The third-order valence-corrected chi connectivity index (χ3v) is 7.16. The Bertz CT molecular complexity index is 1200. The molecule has 2 N–H and O–H groups in total. The molecular formula is C25H27N5OS. The van der Waals surface area contributed by atoms with Gasteiger partial charge in [0.2, 0.25) is 0 Å². The molecule has 1 unspecified atom stereocenters. The number of amides is 1. The van der Waals surface area contributed by atoms with Gasteiger partial charge in [0.25, 0.3) is 5.91 Å². The molecule has 0 saturated carbocycles. The average Bonchev–Trinajstić information content (AvgIpc) is 3.42. The molecule has 2 heterocycles. The van der Waals surface area contributed by atoms with Crippen molar-refractivity contribution in [3.05, 3.63) is 82.1 Å². The minimum Gasteiger partial charge on any atom is -0.354 e. The van der Waals surface area contributed by atoms with Gasteiger partial charge in [0.05, 0.1) is 10.2 Å². The van der Waals surface area contributed by atoms with Gasteiger partial charge in [0.1, 0.15) is 5.01 Å². The topological polar surface area (TPSA) is 71.8 Å². The molecule has 0 bridgehead atoms. The summed E-state index contributed by atoms with van der Waals surface area (Å²) in [5.74, 6) is -0.105. The predicted molar refractivity (Wildman–Crippen MR) is 128 cm³/mol. The van der Waals surface area contributed by atoms with Crippen molar-refractivity contribution in [2.45, 2.75) is 44.8 Å². The number of nitrogens with zero attached hydrogens (tertiary/aromatic N) is 3. The lowest BCUT2D eigenvalue weighted by Crippen LogP contribution is -2.35. The highest BCUT2D eigenvalue weighted by Crippen LogP contribution is 2.27. The maximum atomic E-state index is 12.5. The number of rotatable bonds is 7. The number of carbonyl (C=O) groups excluding carboxylic acids is 1. The third-order valence-electron chi connectivity index (χ3n) is 6.12. The first-order valence-electron chi connectivity index (χ1n) is 11.1. The van der Waals surface area contributed by atoms with E-state index in [1.807, 2.05) is 12.1 Å². The van der Waals surface area contributed by atoms with E-state index in [0.717, 1.165) is 54.9 Å². The zero-order valence-electron chi connectivity index (χ0n) is 18.2. The molecule has 32 heavy (non-hydrogen) atoms. The van der Waals surface area contributed by atoms with Crippen LogP contribution in [0, 0.1) is 0 Å². The molecule has 2 aromatic carbocycles. The first kappa shape index (κ1) is 20.8. The second kappa shape index (κ2) is 9.22. The molecule has 1 atom stereocenters. The number of aryl methyl sites for hydroxylation is 2. The zero-order chi connectivity index (χ0) is 21.9. The normalized spacial score (nSPS) is 15.6. The minimum absolute atomic E-state index is 0.105. The van der Waals surface area contributed by atoms with E-state index >= 15 is 0 Å². The number of hydrogen-bond acceptors (Lipinski definition) is 5. The quantitative estimate of drug-likeness (QED) is 0.455. The van der Waals surface area contributed by atoms with Gasteiger partial charge in [-0.15, -0.1) is 11.3 Å². The highest BCUT2D eigenvalue weighted by Gasteiger charge is 2.28. The Hall–Kier alpha value is -3.03. The van der Waals surface area contributed by atoms with Crippen LogP contribution in [0.4, 0.5) is 0 Å². The Morgan fingerprint density at radius 1 is 1.16 bits per heavy atom. The first-order valence-corrected chi connectivity index (χ1v) is 12.0. The summed E-state index contributed by atoms with van der Waals surface area (Å²) in [7, 11) is 1.67. The molecule has 1 aliphatic carbocycles. The largest absolute Gasteiger partial charge is 0.354 e. The predicted octanol–water partition coefficient (Wildman–Crippen LogP) is 3.74. The Morgan fingerprint density at radius 2 is 1.97 bits per heavy atom. The summed E-state index contributed by atoms with van der Waals surface area (Å²) in [6, 6.07) is 19.0. The van der Waals surface area contributed by atoms with Crippen molar-refractivity contribution in [1.29, 1.82) is 0 Å². The maximum Gasteiger partial charge on any atom is 0.271 e. The van der Waals surface area contributed by atoms with Crippen LogP contribution in [-0.2, 0) is 32.4 Å². The van der Waals surface area contributed by atoms with Crippen molar-refractivity contribution in [2.24, 2.45) is 0 Å². The number of thiazole rings is 1. The summed E-state index contributed by atoms with van der Waals surface area (Å²) in [5.41, 5.74) is 5.20. The van der Waals surface area contributed by atoms with Crippen LogP contribution >= 0.6 is 11.3 Å². The van der Waals surface area contributed by atoms with Crippen LogP contribution in [0.15, 0.2) is 54.6 Å². The summed E-state index contributed by atoms with van der Waals surface area (Å²) in [6.45, 7) is 1.53. The molecule has 5 rings (SSSR count). The van der Waals surface area contributed by atoms with Gasteiger partial charge >= 0.3 is 0 Å². The molecule has 2 aromatic heterocycles. The number of aromatic nitrogens is 3. The lowest BCUT2D eigenvalue weighted by atomic mass is 9.91. The van der Waals surface area contributed by atoms with Crippen molar-refractivity contribution >= 4 is 27.5 Å². The third kappa shape index (κ3) is 4.31. The molecule has 0 fully saturated rings. The molecule has 1 aliphatic rings. The van der Waals surface area contributed by atoms with Gasteiger partial charge in [0.15, 0.2) is 5.69 Å². The van der Waals surface area contributed by atoms with E-state index in [4.69, 9.17) is 10.1 Å². The SMILES string of the molecule is CNC(=O)c1nn(CCc2ccccc2)c2c1CC(NCc1nc3ccccc3s1)CC2. The molecule has 0 aliphatic heterocycles. The highest BCUT2D eigenvalue weighted by atomic mass is 32.1. The van der Waals surface area contributed by atoms with E-state index in [1.165, 1.54) is 16.0 Å². The van der Waals surface area contributed by atoms with E-state index in [-0.39, 0.29) is 5.91 Å². The lowest BCUT2D eigenvalue weighted by Gasteiger charge is -2.24. The fourth-order valence-electron chi connectivity index (χ4n) is 4.45. The van der Waals surface area contributed by atoms with Gasteiger partial charge in [-0.2, -0.15) is 5.10 Å². The van der Waals surface area contributed by atoms with E-state index < -0.39 is 0 Å². The fraction of sp³-hybridized carbons (Fsp3) is 0.320. The smallest absolute Gasteiger partial charge is 0.271 e. The van der Waals surface area contributed by atoms with Crippen molar-refractivity contribution in [1.82, 2.24) is 25.4 Å². The summed E-state index contributed by atoms with van der Waals surface area (Å²) in [4.78, 5) is 17.3. The second-order valence-corrected chi connectivity index (χ2v) is 9.32. The Kier molecular flexibility index (Phi) is 6.01. The summed E-state index contributed by atoms with van der Waals surface area (Å²) in [5, 5.41) is 12.3. The Labute approximate surface area is 191 Å². The van der Waals surface area contributed by atoms with Crippen LogP contribution in [0.2, 0.25) is 0 Å². The van der Waals surface area contributed by atoms with Crippen LogP contribution in [-0.4, -0.2) is 33.8 Å². The molecule has 164 valence electrons. The fourth-order valence-corrected chi connectivity index (χ4v) is 5.37. The summed E-state index contributed by atoms with van der Waals surface area (Å²) >= 11 is 1.74. The number of para-hydroxylation sites is 1. The highest BCUT2D eigenvalue weighted by molar-refractivity contribution is 7.18. The molecular weight excluding hydrogens is 418 g/mol. The maximum absolute atomic E-state index is 12.5. The second-order valence-electron chi connectivity index (χ2n) is 8.21. The van der Waals surface area contributed by atoms with Crippen LogP contribution in [0.1, 0.15) is 38.7 Å². The number of benzene rings is 2. The van der Waals surface area contributed by atoms with E-state index in [1.54, 1.807) is 18.4 Å². The van der Waals surface area contributed by atoms with Crippen LogP contribution in [0.3, 0.4) is 0 Å². The van der Waals surface area contributed by atoms with Crippen LogP contribution in [0.25, 0.3) is 10.2 Å². The number of hydrogen-bond donors (Lipinski definition) is 2. The van der Waals surface area contributed by atoms with Crippen LogP contribution < -0.4 is 10.6 Å². The molecule has 4 aromatic rings. The molecule has 7 heteroatoms. The van der Waals surface area contributed by atoms with Crippen molar-refractivity contribution in [3.63, 3.8) is 0 Å². The minimum atomic E-state index is -0.105. The summed E-state index contributed by atoms with van der Waals surface area (Å²) in [6.07, 6.45) is 3.67. The number of carbonyl (C=O) groups is 1. The van der Waals surface area contributed by atoms with Gasteiger partial charge in [-0.1, -0.05) is 42.5 Å². The van der Waals surface area contributed by atoms with Crippen LogP contribution in [0.5, 0.6) is 0 Å². The summed E-state index contributed by atoms with van der Waals surface area (Å²) < 4.78 is 3.27. The van der Waals surface area contributed by atoms with E-state index in [9.17, 15) is 4.79 Å². The first-order chi connectivity index (χ1) is 15.7. The Balaban J connectivity index is 1.30. The zero-order valence-corrected chi connectivity index (χ0v) is 19.0. The Morgan fingerprint density at radius 3 is 2.78 bits per heavy atom. The molecule has 1 amide bonds. The lowest BCUT2D eigenvalue weighted by molar-refractivity contribution is 0.0956. The van der Waals surface area contributed by atoms with Gasteiger partial charge in [-0.05, 0) is 43.4 Å². The van der Waals surface area contributed by atoms with Gasteiger partial charge < -0.3 is 10.6 Å². The van der Waals surface area contributed by atoms with Gasteiger partial charge in [-0.3, -0.25) is 9.48 Å². The molecule has 6 nitrogen and oxygen atoms in total. The van der Waals surface area contributed by atoms with Crippen molar-refractivity contribution in [2.75, 3.05) is 7.05 Å². The monoisotopic (exact) mass is 445 g/mol. The average molecular weight is 446 g/mol. The van der Waals surface area contributed by atoms with E-state index in [2.05, 4.69) is 57.8 Å². The number of nitrogens with one attached hydrogen (secondary N) is 2. The van der Waals surface area contributed by atoms with Gasteiger partial charge in [0, 0.05) is 37.4 Å². The molecule has 0 spiro atoms. The van der Waals surface area contributed by atoms with Crippen molar-refractivity contribution < 1.29 is 4.79 Å². The van der Waals surface area contributed by atoms with Gasteiger partial charge in [-0.25, -0.2) is 4.98 Å². The molecule has 0 radical (unpaired) electrons.